The molecule has 6 rings (SSSR count). The quantitative estimate of drug-likeness (QED) is 0.742. The van der Waals surface area contributed by atoms with E-state index in [1.165, 1.54) is 32.1 Å². The predicted molar refractivity (Wildman–Crippen MR) is 101 cm³/mol. The van der Waals surface area contributed by atoms with E-state index >= 15 is 0 Å². The van der Waals surface area contributed by atoms with Crippen molar-refractivity contribution in [2.75, 3.05) is 10.6 Å². The molecule has 0 spiro atoms. The summed E-state index contributed by atoms with van der Waals surface area (Å²) in [6, 6.07) is 5.69. The van der Waals surface area contributed by atoms with Crippen LogP contribution >= 0.6 is 15.9 Å². The summed E-state index contributed by atoms with van der Waals surface area (Å²) < 4.78 is 0.289. The predicted octanol–water partition coefficient (Wildman–Crippen LogP) is 4.24. The molecule has 5 aliphatic rings. The number of carbonyl (C=O) groups excluding carboxylic acids is 2. The van der Waals surface area contributed by atoms with Crippen LogP contribution in [0.3, 0.4) is 0 Å². The van der Waals surface area contributed by atoms with Gasteiger partial charge in [0.15, 0.2) is 0 Å². The molecule has 4 nitrogen and oxygen atoms in total. The summed E-state index contributed by atoms with van der Waals surface area (Å²) in [7, 11) is 0. The SMILES string of the molecule is O=C(CC12CC3CC(CC(Br)(C3)C1)C2)Nc1ccc2c(c1)CC(=O)N2. The Labute approximate surface area is 156 Å². The molecule has 2 atom stereocenters. The highest BCUT2D eigenvalue weighted by Gasteiger charge is 2.57. The average Bonchev–Trinajstić information content (AvgIpc) is 2.83. The maximum atomic E-state index is 12.8. The van der Waals surface area contributed by atoms with Gasteiger partial charge < -0.3 is 10.6 Å². The van der Waals surface area contributed by atoms with Gasteiger partial charge in [-0.3, -0.25) is 9.59 Å². The van der Waals surface area contributed by atoms with Crippen molar-refractivity contribution in [3.05, 3.63) is 23.8 Å². The van der Waals surface area contributed by atoms with Crippen LogP contribution < -0.4 is 10.6 Å². The molecule has 0 aromatic heterocycles. The Morgan fingerprint density at radius 1 is 1.24 bits per heavy atom. The minimum absolute atomic E-state index is 0.0228. The first-order valence-electron chi connectivity index (χ1n) is 9.32. The Bertz CT molecular complexity index is 761. The highest BCUT2D eigenvalue weighted by atomic mass is 79.9. The molecule has 2 amide bonds. The summed E-state index contributed by atoms with van der Waals surface area (Å²) in [5.74, 6) is 1.74. The molecule has 4 bridgehead atoms. The highest BCUT2D eigenvalue weighted by molar-refractivity contribution is 9.10. The van der Waals surface area contributed by atoms with Gasteiger partial charge in [0, 0.05) is 22.1 Å². The summed E-state index contributed by atoms with van der Waals surface area (Å²) in [5, 5.41) is 5.91. The van der Waals surface area contributed by atoms with Crippen LogP contribution in [0.4, 0.5) is 11.4 Å². The van der Waals surface area contributed by atoms with Crippen LogP contribution in [0.2, 0.25) is 0 Å². The molecular weight excluding hydrogens is 380 g/mol. The normalized spacial score (nSPS) is 37.7. The molecule has 5 heteroatoms. The lowest BCUT2D eigenvalue weighted by Crippen LogP contribution is -2.53. The standard InChI is InChI=1S/C20H23BrN2O2/c21-20-8-12-3-13(9-20)7-19(6-12,11-20)10-18(25)22-15-1-2-16-14(4-15)5-17(24)23-16/h1-2,4,12-13H,3,5-11H2,(H,22,25)(H,23,24). The zero-order chi connectivity index (χ0) is 17.2. The van der Waals surface area contributed by atoms with Gasteiger partial charge in [-0.2, -0.15) is 0 Å². The Morgan fingerprint density at radius 2 is 2.00 bits per heavy atom. The van der Waals surface area contributed by atoms with E-state index < -0.39 is 0 Å². The average molecular weight is 403 g/mol. The highest BCUT2D eigenvalue weighted by Crippen LogP contribution is 2.65. The van der Waals surface area contributed by atoms with E-state index in [-0.39, 0.29) is 21.6 Å². The van der Waals surface area contributed by atoms with Crippen molar-refractivity contribution in [1.29, 1.82) is 0 Å². The first-order chi connectivity index (χ1) is 11.9. The monoisotopic (exact) mass is 402 g/mol. The number of carbonyl (C=O) groups is 2. The zero-order valence-corrected chi connectivity index (χ0v) is 15.8. The number of anilines is 2. The summed E-state index contributed by atoms with van der Waals surface area (Å²) >= 11 is 4.02. The minimum Gasteiger partial charge on any atom is -0.326 e. The van der Waals surface area contributed by atoms with Crippen molar-refractivity contribution in [2.45, 2.75) is 55.7 Å². The van der Waals surface area contributed by atoms with Gasteiger partial charge in [-0.05, 0) is 79.5 Å². The molecule has 1 aromatic carbocycles. The lowest BCUT2D eigenvalue weighted by Gasteiger charge is -2.60. The molecule has 4 saturated carbocycles. The van der Waals surface area contributed by atoms with E-state index in [0.29, 0.717) is 12.8 Å². The molecule has 2 unspecified atom stereocenters. The molecule has 132 valence electrons. The summed E-state index contributed by atoms with van der Waals surface area (Å²) in [4.78, 5) is 24.2. The lowest BCUT2D eigenvalue weighted by molar-refractivity contribution is -0.123. The maximum absolute atomic E-state index is 12.8. The van der Waals surface area contributed by atoms with Crippen molar-refractivity contribution < 1.29 is 9.59 Å². The Morgan fingerprint density at radius 3 is 2.72 bits per heavy atom. The van der Waals surface area contributed by atoms with E-state index in [4.69, 9.17) is 0 Å². The number of amides is 2. The van der Waals surface area contributed by atoms with Gasteiger partial charge in [-0.25, -0.2) is 0 Å². The number of rotatable bonds is 3. The van der Waals surface area contributed by atoms with Crippen molar-refractivity contribution in [3.8, 4) is 0 Å². The molecule has 1 aromatic rings. The first-order valence-corrected chi connectivity index (χ1v) is 10.1. The Balaban J connectivity index is 1.30. The number of nitrogens with one attached hydrogen (secondary N) is 2. The molecule has 4 fully saturated rings. The van der Waals surface area contributed by atoms with Gasteiger partial charge in [0.1, 0.15) is 0 Å². The molecule has 2 N–H and O–H groups in total. The number of fused-ring (bicyclic) bond motifs is 1. The summed E-state index contributed by atoms with van der Waals surface area (Å²) in [6.07, 6.45) is 8.54. The maximum Gasteiger partial charge on any atom is 0.228 e. The molecule has 25 heavy (non-hydrogen) atoms. The number of halogens is 1. The van der Waals surface area contributed by atoms with E-state index in [9.17, 15) is 9.59 Å². The molecule has 4 aliphatic carbocycles. The van der Waals surface area contributed by atoms with E-state index in [1.807, 2.05) is 18.2 Å². The van der Waals surface area contributed by atoms with Crippen LogP contribution in [0.15, 0.2) is 18.2 Å². The second kappa shape index (κ2) is 5.32. The van der Waals surface area contributed by atoms with Gasteiger partial charge >= 0.3 is 0 Å². The van der Waals surface area contributed by atoms with Crippen molar-refractivity contribution in [2.24, 2.45) is 17.3 Å². The Hall–Kier alpha value is -1.36. The Kier molecular flexibility index (Phi) is 3.38. The van der Waals surface area contributed by atoms with Crippen LogP contribution in [-0.2, 0) is 16.0 Å². The number of alkyl halides is 1. The fourth-order valence-electron chi connectivity index (χ4n) is 6.40. The molecular formula is C20H23BrN2O2. The van der Waals surface area contributed by atoms with Crippen LogP contribution in [0.25, 0.3) is 0 Å². The third-order valence-electron chi connectivity index (χ3n) is 6.66. The van der Waals surface area contributed by atoms with E-state index in [2.05, 4.69) is 26.6 Å². The van der Waals surface area contributed by atoms with Crippen LogP contribution in [0, 0.1) is 17.3 Å². The van der Waals surface area contributed by atoms with Gasteiger partial charge in [0.25, 0.3) is 0 Å². The van der Waals surface area contributed by atoms with E-state index in [1.54, 1.807) is 0 Å². The summed E-state index contributed by atoms with van der Waals surface area (Å²) in [6.45, 7) is 0. The van der Waals surface area contributed by atoms with Crippen molar-refractivity contribution >= 4 is 39.1 Å². The smallest absolute Gasteiger partial charge is 0.228 e. The third kappa shape index (κ3) is 2.80. The number of hydrogen-bond donors (Lipinski definition) is 2. The fraction of sp³-hybridized carbons (Fsp3) is 0.600. The van der Waals surface area contributed by atoms with Crippen molar-refractivity contribution in [3.63, 3.8) is 0 Å². The fourth-order valence-corrected chi connectivity index (χ4v) is 7.91. The van der Waals surface area contributed by atoms with Crippen molar-refractivity contribution in [1.82, 2.24) is 0 Å². The minimum atomic E-state index is 0.0228. The van der Waals surface area contributed by atoms with Gasteiger partial charge in [0.2, 0.25) is 11.8 Å². The van der Waals surface area contributed by atoms with Gasteiger partial charge in [-0.1, -0.05) is 15.9 Å². The molecule has 0 saturated heterocycles. The van der Waals surface area contributed by atoms with E-state index in [0.717, 1.165) is 35.2 Å². The van der Waals surface area contributed by atoms with Gasteiger partial charge in [0.05, 0.1) is 6.42 Å². The van der Waals surface area contributed by atoms with Gasteiger partial charge in [-0.15, -0.1) is 0 Å². The number of hydrogen-bond acceptors (Lipinski definition) is 2. The summed E-state index contributed by atoms with van der Waals surface area (Å²) in [5.41, 5.74) is 2.83. The molecule has 1 heterocycles. The lowest BCUT2D eigenvalue weighted by atomic mass is 9.48. The zero-order valence-electron chi connectivity index (χ0n) is 14.2. The number of benzene rings is 1. The molecule has 0 radical (unpaired) electrons. The largest absolute Gasteiger partial charge is 0.326 e. The topological polar surface area (TPSA) is 58.2 Å². The third-order valence-corrected chi connectivity index (χ3v) is 7.59. The second-order valence-corrected chi connectivity index (χ2v) is 10.6. The molecule has 1 aliphatic heterocycles. The first kappa shape index (κ1) is 15.9. The second-order valence-electron chi connectivity index (χ2n) is 8.93. The van der Waals surface area contributed by atoms with Crippen LogP contribution in [-0.4, -0.2) is 16.1 Å². The van der Waals surface area contributed by atoms with Crippen LogP contribution in [0.5, 0.6) is 0 Å². The van der Waals surface area contributed by atoms with Crippen LogP contribution in [0.1, 0.15) is 50.5 Å².